The zero-order valence-electron chi connectivity index (χ0n) is 15.3. The van der Waals surface area contributed by atoms with Crippen LogP contribution in [0.2, 0.25) is 0 Å². The minimum atomic E-state index is -0.240. The van der Waals surface area contributed by atoms with E-state index in [4.69, 9.17) is 0 Å². The van der Waals surface area contributed by atoms with E-state index in [2.05, 4.69) is 10.3 Å². The molecule has 26 heavy (non-hydrogen) atoms. The molecule has 2 heterocycles. The van der Waals surface area contributed by atoms with E-state index in [1.165, 1.54) is 0 Å². The summed E-state index contributed by atoms with van der Waals surface area (Å²) in [4.78, 5) is 31.3. The fourth-order valence-electron chi connectivity index (χ4n) is 3.72. The molecular formula is C21H25N3O2. The van der Waals surface area contributed by atoms with Crippen LogP contribution < -0.4 is 5.32 Å². The molecule has 0 unspecified atom stereocenters. The maximum absolute atomic E-state index is 13.0. The molecule has 136 valence electrons. The predicted octanol–water partition coefficient (Wildman–Crippen LogP) is 3.01. The number of piperidine rings is 1. The van der Waals surface area contributed by atoms with Gasteiger partial charge in [-0.3, -0.25) is 14.6 Å². The van der Waals surface area contributed by atoms with E-state index in [1.54, 1.807) is 12.4 Å². The number of pyridine rings is 1. The summed E-state index contributed by atoms with van der Waals surface area (Å²) in [5.41, 5.74) is 3.18. The second kappa shape index (κ2) is 8.13. The van der Waals surface area contributed by atoms with Gasteiger partial charge in [0.25, 0.3) is 0 Å². The average molecular weight is 351 g/mol. The van der Waals surface area contributed by atoms with E-state index in [9.17, 15) is 9.59 Å². The van der Waals surface area contributed by atoms with Crippen molar-refractivity contribution in [3.8, 4) is 0 Å². The van der Waals surface area contributed by atoms with Crippen molar-refractivity contribution >= 4 is 11.8 Å². The number of benzene rings is 1. The summed E-state index contributed by atoms with van der Waals surface area (Å²) in [7, 11) is 0. The lowest BCUT2D eigenvalue weighted by Crippen LogP contribution is -2.48. The largest absolute Gasteiger partial charge is 0.352 e. The maximum atomic E-state index is 13.0. The number of rotatable bonds is 5. The van der Waals surface area contributed by atoms with Crippen molar-refractivity contribution in [2.24, 2.45) is 5.92 Å². The third kappa shape index (κ3) is 3.77. The van der Waals surface area contributed by atoms with Gasteiger partial charge in [-0.25, -0.2) is 0 Å². The molecule has 2 amide bonds. The van der Waals surface area contributed by atoms with E-state index in [1.807, 2.05) is 55.1 Å². The molecule has 1 saturated heterocycles. The Hall–Kier alpha value is -2.69. The molecule has 1 aliphatic rings. The Balaban J connectivity index is 1.84. The first-order valence-corrected chi connectivity index (χ1v) is 9.13. The Labute approximate surface area is 154 Å². The highest BCUT2D eigenvalue weighted by atomic mass is 16.2. The molecule has 1 N–H and O–H groups in total. The fourth-order valence-corrected chi connectivity index (χ4v) is 3.72. The van der Waals surface area contributed by atoms with Crippen molar-refractivity contribution in [2.45, 2.75) is 39.3 Å². The zero-order valence-corrected chi connectivity index (χ0v) is 15.3. The molecule has 0 saturated carbocycles. The lowest BCUT2D eigenvalue weighted by atomic mass is 9.82. The number of amides is 2. The predicted molar refractivity (Wildman–Crippen MR) is 100 cm³/mol. The van der Waals surface area contributed by atoms with E-state index in [0.717, 1.165) is 16.7 Å². The lowest BCUT2D eigenvalue weighted by molar-refractivity contribution is -0.143. The molecule has 2 atom stereocenters. The van der Waals surface area contributed by atoms with Gasteiger partial charge in [-0.15, -0.1) is 0 Å². The van der Waals surface area contributed by atoms with Gasteiger partial charge in [-0.2, -0.15) is 0 Å². The van der Waals surface area contributed by atoms with Crippen LogP contribution >= 0.6 is 0 Å². The van der Waals surface area contributed by atoms with Gasteiger partial charge in [0.2, 0.25) is 11.8 Å². The Kier molecular flexibility index (Phi) is 5.66. The second-order valence-corrected chi connectivity index (χ2v) is 6.70. The first-order valence-electron chi connectivity index (χ1n) is 9.13. The topological polar surface area (TPSA) is 62.3 Å². The normalized spacial score (nSPS) is 20.1. The molecule has 0 aliphatic carbocycles. The van der Waals surface area contributed by atoms with Crippen LogP contribution in [0.5, 0.6) is 0 Å². The maximum Gasteiger partial charge on any atom is 0.225 e. The third-order valence-electron chi connectivity index (χ3n) is 5.11. The number of hydrogen-bond donors (Lipinski definition) is 1. The monoisotopic (exact) mass is 351 g/mol. The molecular weight excluding hydrogens is 326 g/mol. The molecule has 2 aromatic rings. The van der Waals surface area contributed by atoms with E-state index < -0.39 is 0 Å². The number of carbonyl (C=O) groups is 2. The van der Waals surface area contributed by atoms with Crippen LogP contribution in [0.1, 0.15) is 42.5 Å². The van der Waals surface area contributed by atoms with E-state index >= 15 is 0 Å². The third-order valence-corrected chi connectivity index (χ3v) is 5.11. The van der Waals surface area contributed by atoms with Crippen LogP contribution in [-0.4, -0.2) is 28.2 Å². The van der Waals surface area contributed by atoms with Crippen LogP contribution in [0.3, 0.4) is 0 Å². The summed E-state index contributed by atoms with van der Waals surface area (Å²) < 4.78 is 0. The fraction of sp³-hybridized carbons (Fsp3) is 0.381. The molecule has 5 nitrogen and oxygen atoms in total. The van der Waals surface area contributed by atoms with Crippen LogP contribution in [0.4, 0.5) is 0 Å². The van der Waals surface area contributed by atoms with E-state index in [-0.39, 0.29) is 23.8 Å². The number of nitrogens with one attached hydrogen (secondary N) is 1. The molecule has 1 aliphatic heterocycles. The molecule has 1 aromatic heterocycles. The smallest absolute Gasteiger partial charge is 0.225 e. The van der Waals surface area contributed by atoms with Crippen molar-refractivity contribution < 1.29 is 9.59 Å². The van der Waals surface area contributed by atoms with Gasteiger partial charge < -0.3 is 10.2 Å². The molecule has 1 fully saturated rings. The average Bonchev–Trinajstić information content (AvgIpc) is 2.67. The highest BCUT2D eigenvalue weighted by molar-refractivity contribution is 5.85. The number of aryl methyl sites for hydroxylation is 1. The minimum Gasteiger partial charge on any atom is -0.352 e. The summed E-state index contributed by atoms with van der Waals surface area (Å²) in [6.07, 6.45) is 4.44. The van der Waals surface area contributed by atoms with Gasteiger partial charge in [0.1, 0.15) is 0 Å². The molecule has 5 heteroatoms. The number of likely N-dealkylation sites (tertiary alicyclic amines) is 1. The van der Waals surface area contributed by atoms with Crippen molar-refractivity contribution in [2.75, 3.05) is 6.54 Å². The standard InChI is InChI=1S/C21H25N3O2/c1-3-24-19(25)9-8-18(20(24)17-7-5-4-6-15(17)2)21(26)23-14-16-10-12-22-13-11-16/h4-7,10-13,18,20H,3,8-9,14H2,1-2H3,(H,23,26)/t18-,20+/m1/s1. The quantitative estimate of drug-likeness (QED) is 0.901. The SMILES string of the molecule is CCN1C(=O)CC[C@@H](C(=O)NCc2ccncc2)[C@@H]1c1ccccc1C. The first-order chi connectivity index (χ1) is 12.6. The first kappa shape index (κ1) is 18.1. The molecule has 1 aromatic carbocycles. The lowest BCUT2D eigenvalue weighted by Gasteiger charge is -2.41. The van der Waals surface area contributed by atoms with Gasteiger partial charge in [0.15, 0.2) is 0 Å². The minimum absolute atomic E-state index is 0.000940. The number of nitrogens with zero attached hydrogens (tertiary/aromatic N) is 2. The Bertz CT molecular complexity index is 776. The molecule has 0 spiro atoms. The highest BCUT2D eigenvalue weighted by Gasteiger charge is 2.40. The van der Waals surface area contributed by atoms with Gasteiger partial charge >= 0.3 is 0 Å². The highest BCUT2D eigenvalue weighted by Crippen LogP contribution is 2.38. The summed E-state index contributed by atoms with van der Waals surface area (Å²) in [5, 5.41) is 3.04. The Morgan fingerprint density at radius 1 is 1.23 bits per heavy atom. The van der Waals surface area contributed by atoms with Gasteiger partial charge in [-0.05, 0) is 49.1 Å². The summed E-state index contributed by atoms with van der Waals surface area (Å²) >= 11 is 0. The Morgan fingerprint density at radius 3 is 2.65 bits per heavy atom. The van der Waals surface area contributed by atoms with Gasteiger partial charge in [0, 0.05) is 31.9 Å². The molecule has 0 bridgehead atoms. The summed E-state index contributed by atoms with van der Waals surface area (Å²) in [5.74, 6) is -0.115. The van der Waals surface area contributed by atoms with Crippen LogP contribution in [0.25, 0.3) is 0 Å². The zero-order chi connectivity index (χ0) is 18.5. The summed E-state index contributed by atoms with van der Waals surface area (Å²) in [6, 6.07) is 11.6. The van der Waals surface area contributed by atoms with Crippen molar-refractivity contribution in [1.29, 1.82) is 0 Å². The van der Waals surface area contributed by atoms with E-state index in [0.29, 0.717) is 25.9 Å². The van der Waals surface area contributed by atoms with Crippen molar-refractivity contribution in [3.05, 3.63) is 65.5 Å². The van der Waals surface area contributed by atoms with Crippen molar-refractivity contribution in [3.63, 3.8) is 0 Å². The summed E-state index contributed by atoms with van der Waals surface area (Å²) in [6.45, 7) is 5.08. The van der Waals surface area contributed by atoms with Crippen molar-refractivity contribution in [1.82, 2.24) is 15.2 Å². The Morgan fingerprint density at radius 2 is 1.96 bits per heavy atom. The molecule has 3 rings (SSSR count). The second-order valence-electron chi connectivity index (χ2n) is 6.70. The number of aromatic nitrogens is 1. The molecule has 0 radical (unpaired) electrons. The van der Waals surface area contributed by atoms with Crippen LogP contribution in [-0.2, 0) is 16.1 Å². The number of carbonyl (C=O) groups excluding carboxylic acids is 2. The van der Waals surface area contributed by atoms with Crippen LogP contribution in [0, 0.1) is 12.8 Å². The number of hydrogen-bond acceptors (Lipinski definition) is 3. The van der Waals surface area contributed by atoms with Gasteiger partial charge in [-0.1, -0.05) is 24.3 Å². The van der Waals surface area contributed by atoms with Crippen LogP contribution in [0.15, 0.2) is 48.8 Å². The van der Waals surface area contributed by atoms with Gasteiger partial charge in [0.05, 0.1) is 12.0 Å².